The molecule has 1 unspecified atom stereocenters. The van der Waals surface area contributed by atoms with Crippen LogP contribution in [0.1, 0.15) is 18.4 Å². The van der Waals surface area contributed by atoms with Gasteiger partial charge in [0.05, 0.1) is 12.7 Å². The Bertz CT molecular complexity index is 609. The van der Waals surface area contributed by atoms with Crippen molar-refractivity contribution in [2.75, 3.05) is 19.0 Å². The predicted molar refractivity (Wildman–Crippen MR) is 74.1 cm³/mol. The smallest absolute Gasteiger partial charge is 0.326 e. The van der Waals surface area contributed by atoms with Crippen molar-refractivity contribution in [1.29, 1.82) is 5.26 Å². The molecule has 21 heavy (non-hydrogen) atoms. The topological polar surface area (TPSA) is 103 Å². The second-order valence-electron chi connectivity index (χ2n) is 4.61. The summed E-state index contributed by atoms with van der Waals surface area (Å²) in [6.07, 6.45) is 1.07. The number of urea groups is 1. The number of carbonyl (C=O) groups is 2. The number of amides is 2. The highest BCUT2D eigenvalue weighted by atomic mass is 16.5. The van der Waals surface area contributed by atoms with Gasteiger partial charge in [0.15, 0.2) is 0 Å². The molecule has 7 nitrogen and oxygen atoms in total. The molecule has 110 valence electrons. The third-order valence-corrected chi connectivity index (χ3v) is 3.40. The van der Waals surface area contributed by atoms with Crippen LogP contribution in [0.5, 0.6) is 5.75 Å². The number of carboxylic acids is 1. The number of nitrogens with zero attached hydrogens (tertiary/aromatic N) is 2. The molecule has 1 atom stereocenters. The van der Waals surface area contributed by atoms with Crippen molar-refractivity contribution in [3.05, 3.63) is 23.8 Å². The minimum absolute atomic E-state index is 0.253. The van der Waals surface area contributed by atoms with E-state index in [1.807, 2.05) is 6.07 Å². The molecule has 1 aromatic rings. The van der Waals surface area contributed by atoms with Gasteiger partial charge >= 0.3 is 12.0 Å². The lowest BCUT2D eigenvalue weighted by molar-refractivity contribution is -0.141. The normalized spacial score (nSPS) is 17.1. The van der Waals surface area contributed by atoms with Crippen molar-refractivity contribution in [1.82, 2.24) is 4.90 Å². The highest BCUT2D eigenvalue weighted by Gasteiger charge is 2.34. The maximum Gasteiger partial charge on any atom is 0.326 e. The number of nitrogens with one attached hydrogen (secondary N) is 1. The van der Waals surface area contributed by atoms with Crippen LogP contribution in [-0.4, -0.2) is 41.7 Å². The number of carboxylic acid groups (broad SMARTS) is 1. The molecule has 1 heterocycles. The van der Waals surface area contributed by atoms with E-state index in [0.29, 0.717) is 25.1 Å². The van der Waals surface area contributed by atoms with Gasteiger partial charge in [0.1, 0.15) is 23.5 Å². The first-order valence-electron chi connectivity index (χ1n) is 6.46. The highest BCUT2D eigenvalue weighted by Crippen LogP contribution is 2.29. The number of para-hydroxylation sites is 1. The fourth-order valence-corrected chi connectivity index (χ4v) is 2.37. The van der Waals surface area contributed by atoms with Crippen molar-refractivity contribution in [2.24, 2.45) is 0 Å². The summed E-state index contributed by atoms with van der Waals surface area (Å²) in [6, 6.07) is 5.42. The van der Waals surface area contributed by atoms with Crippen molar-refractivity contribution >= 4 is 17.7 Å². The average molecular weight is 289 g/mol. The van der Waals surface area contributed by atoms with E-state index in [1.165, 1.54) is 12.0 Å². The van der Waals surface area contributed by atoms with Gasteiger partial charge in [0, 0.05) is 6.54 Å². The van der Waals surface area contributed by atoms with E-state index in [-0.39, 0.29) is 11.3 Å². The third kappa shape index (κ3) is 2.89. The molecule has 0 saturated carbocycles. The summed E-state index contributed by atoms with van der Waals surface area (Å²) in [6.45, 7) is 0.375. The molecule has 1 saturated heterocycles. The summed E-state index contributed by atoms with van der Waals surface area (Å²) < 4.78 is 5.12. The van der Waals surface area contributed by atoms with Gasteiger partial charge in [-0.05, 0) is 25.0 Å². The van der Waals surface area contributed by atoms with E-state index in [1.54, 1.807) is 18.2 Å². The van der Waals surface area contributed by atoms with Crippen LogP contribution >= 0.6 is 0 Å². The standard InChI is InChI=1S/C14H15N3O4/c1-21-11-6-2-4-9(8-15)12(11)16-14(20)17-7-3-5-10(17)13(18)19/h2,4,6,10H,3,5,7H2,1H3,(H,16,20)(H,18,19). The summed E-state index contributed by atoms with van der Waals surface area (Å²) in [7, 11) is 1.43. The SMILES string of the molecule is COc1cccc(C#N)c1NC(=O)N1CCCC1C(=O)O. The van der Waals surface area contributed by atoms with Crippen LogP contribution < -0.4 is 10.1 Å². The van der Waals surface area contributed by atoms with Crippen molar-refractivity contribution in [3.63, 3.8) is 0 Å². The molecule has 0 aliphatic carbocycles. The van der Waals surface area contributed by atoms with Crippen molar-refractivity contribution < 1.29 is 19.4 Å². The summed E-state index contributed by atoms with van der Waals surface area (Å²) >= 11 is 0. The Labute approximate surface area is 121 Å². The lowest BCUT2D eigenvalue weighted by Crippen LogP contribution is -2.42. The molecular formula is C14H15N3O4. The van der Waals surface area contributed by atoms with Crippen LogP contribution in [0.3, 0.4) is 0 Å². The fraction of sp³-hybridized carbons (Fsp3) is 0.357. The van der Waals surface area contributed by atoms with Crippen molar-refractivity contribution in [3.8, 4) is 11.8 Å². The maximum atomic E-state index is 12.3. The molecular weight excluding hydrogens is 274 g/mol. The number of likely N-dealkylation sites (tertiary alicyclic amines) is 1. The van der Waals surface area contributed by atoms with Crippen LogP contribution in [-0.2, 0) is 4.79 Å². The van der Waals surface area contributed by atoms with Crippen LogP contribution in [0.25, 0.3) is 0 Å². The van der Waals surface area contributed by atoms with Gasteiger partial charge in [-0.25, -0.2) is 9.59 Å². The monoisotopic (exact) mass is 289 g/mol. The zero-order chi connectivity index (χ0) is 15.4. The second-order valence-corrected chi connectivity index (χ2v) is 4.61. The highest BCUT2D eigenvalue weighted by molar-refractivity contribution is 5.95. The van der Waals surface area contributed by atoms with Crippen molar-refractivity contribution in [2.45, 2.75) is 18.9 Å². The number of hydrogen-bond donors (Lipinski definition) is 2. The Hall–Kier alpha value is -2.75. The number of rotatable bonds is 3. The summed E-state index contributed by atoms with van der Waals surface area (Å²) in [4.78, 5) is 24.6. The first-order valence-corrected chi connectivity index (χ1v) is 6.46. The number of nitriles is 1. The van der Waals surface area contributed by atoms with Crippen LogP contribution in [0.15, 0.2) is 18.2 Å². The number of benzene rings is 1. The molecule has 7 heteroatoms. The van der Waals surface area contributed by atoms with Crippen LogP contribution in [0.4, 0.5) is 10.5 Å². The van der Waals surface area contributed by atoms with Crippen LogP contribution in [0.2, 0.25) is 0 Å². The van der Waals surface area contributed by atoms with Gasteiger partial charge in [-0.2, -0.15) is 5.26 Å². The maximum absolute atomic E-state index is 12.3. The van der Waals surface area contributed by atoms with Gasteiger partial charge in [-0.15, -0.1) is 0 Å². The molecule has 1 fully saturated rings. The molecule has 2 amide bonds. The second kappa shape index (κ2) is 6.13. The van der Waals surface area contributed by atoms with E-state index >= 15 is 0 Å². The van der Waals surface area contributed by atoms with E-state index < -0.39 is 18.0 Å². The lowest BCUT2D eigenvalue weighted by atomic mass is 10.2. The number of ether oxygens (including phenoxy) is 1. The Balaban J connectivity index is 2.24. The summed E-state index contributed by atoms with van der Waals surface area (Å²) in [5, 5.41) is 20.8. The zero-order valence-electron chi connectivity index (χ0n) is 11.5. The quantitative estimate of drug-likeness (QED) is 0.880. The summed E-state index contributed by atoms with van der Waals surface area (Å²) in [5.41, 5.74) is 0.511. The molecule has 0 aromatic heterocycles. The lowest BCUT2D eigenvalue weighted by Gasteiger charge is -2.22. The molecule has 1 aliphatic rings. The molecule has 2 N–H and O–H groups in total. The van der Waals surface area contributed by atoms with E-state index in [2.05, 4.69) is 5.32 Å². The minimum atomic E-state index is -1.02. The fourth-order valence-electron chi connectivity index (χ4n) is 2.37. The molecule has 2 rings (SSSR count). The van der Waals surface area contributed by atoms with Gasteiger partial charge in [0.2, 0.25) is 0 Å². The summed E-state index contributed by atoms with van der Waals surface area (Å²) in [5.74, 6) is -0.670. The average Bonchev–Trinajstić information content (AvgIpc) is 2.97. The van der Waals surface area contributed by atoms with Gasteiger partial charge in [0.25, 0.3) is 0 Å². The minimum Gasteiger partial charge on any atom is -0.495 e. The third-order valence-electron chi connectivity index (χ3n) is 3.40. The van der Waals surface area contributed by atoms with E-state index in [9.17, 15) is 9.59 Å². The number of methoxy groups -OCH3 is 1. The zero-order valence-corrected chi connectivity index (χ0v) is 11.5. The molecule has 1 aliphatic heterocycles. The Kier molecular flexibility index (Phi) is 4.28. The Morgan fingerprint density at radius 1 is 1.52 bits per heavy atom. The molecule has 1 aromatic carbocycles. The molecule has 0 radical (unpaired) electrons. The van der Waals surface area contributed by atoms with E-state index in [0.717, 1.165) is 0 Å². The Morgan fingerprint density at radius 2 is 2.29 bits per heavy atom. The first-order chi connectivity index (χ1) is 10.1. The van der Waals surface area contributed by atoms with Crippen LogP contribution in [0, 0.1) is 11.3 Å². The number of carbonyl (C=O) groups excluding carboxylic acids is 1. The number of aliphatic carboxylic acids is 1. The van der Waals surface area contributed by atoms with E-state index in [4.69, 9.17) is 15.1 Å². The van der Waals surface area contributed by atoms with Gasteiger partial charge in [-0.3, -0.25) is 0 Å². The Morgan fingerprint density at radius 3 is 2.90 bits per heavy atom. The first kappa shape index (κ1) is 14.7. The number of hydrogen-bond acceptors (Lipinski definition) is 4. The largest absolute Gasteiger partial charge is 0.495 e. The van der Waals surface area contributed by atoms with Gasteiger partial charge in [-0.1, -0.05) is 6.07 Å². The molecule has 0 spiro atoms. The van der Waals surface area contributed by atoms with Gasteiger partial charge < -0.3 is 20.1 Å². The number of anilines is 1. The predicted octanol–water partition coefficient (Wildman–Crippen LogP) is 1.65. The molecule has 0 bridgehead atoms.